The van der Waals surface area contributed by atoms with Crippen LogP contribution < -0.4 is 0 Å². The van der Waals surface area contributed by atoms with Crippen molar-refractivity contribution in [3.63, 3.8) is 0 Å². The van der Waals surface area contributed by atoms with Crippen molar-refractivity contribution in [2.75, 3.05) is 0 Å². The molecule has 0 radical (unpaired) electrons. The summed E-state index contributed by atoms with van der Waals surface area (Å²) in [5.41, 5.74) is 6.64. The highest BCUT2D eigenvalue weighted by atomic mass is 16.3. The third kappa shape index (κ3) is 3.51. The molecule has 0 saturated heterocycles. The lowest BCUT2D eigenvalue weighted by molar-refractivity contribution is 0.670. The van der Waals surface area contributed by atoms with E-state index in [2.05, 4.69) is 72.8 Å². The van der Waals surface area contributed by atoms with Crippen molar-refractivity contribution in [1.29, 1.82) is 0 Å². The molecule has 2 heterocycles. The van der Waals surface area contributed by atoms with Crippen LogP contribution in [0.3, 0.4) is 0 Å². The van der Waals surface area contributed by atoms with Crippen molar-refractivity contribution in [3.05, 3.63) is 140 Å². The number of hydrogen-bond acceptors (Lipinski definition) is 4. The number of nitrogens with zero attached hydrogens (tertiary/aromatic N) is 3. The molecule has 0 aliphatic carbocycles. The van der Waals surface area contributed by atoms with Crippen LogP contribution in [0.25, 0.3) is 99.5 Å². The standard InChI is InChI=1S/C41H23N3O/c1-3-11-25(12-4-1)39-42-40(26-13-5-2-6-14-26)44-41(43-39)31-17-8-7-16-28(31)32-23-27-22-21-24-15-9-18-29-30-19-10-20-33-36(30)37(38(32)45-33)35(27)34(24)29/h1-23H. The van der Waals surface area contributed by atoms with Crippen LogP contribution in [0.2, 0.25) is 0 Å². The Morgan fingerprint density at radius 2 is 0.978 bits per heavy atom. The van der Waals surface area contributed by atoms with Crippen LogP contribution in [-0.2, 0) is 0 Å². The highest BCUT2D eigenvalue weighted by molar-refractivity contribution is 6.40. The zero-order valence-electron chi connectivity index (χ0n) is 24.0. The number of furan rings is 1. The van der Waals surface area contributed by atoms with Gasteiger partial charge in [-0.05, 0) is 44.6 Å². The van der Waals surface area contributed by atoms with Gasteiger partial charge in [0.1, 0.15) is 11.2 Å². The van der Waals surface area contributed by atoms with Gasteiger partial charge in [-0.1, -0.05) is 127 Å². The quantitative estimate of drug-likeness (QED) is 0.155. The van der Waals surface area contributed by atoms with Crippen LogP contribution in [0.5, 0.6) is 0 Å². The second kappa shape index (κ2) is 9.18. The van der Waals surface area contributed by atoms with Crippen molar-refractivity contribution in [2.24, 2.45) is 0 Å². The van der Waals surface area contributed by atoms with E-state index in [1.807, 2.05) is 66.7 Å². The first kappa shape index (κ1) is 24.3. The summed E-state index contributed by atoms with van der Waals surface area (Å²) in [6.07, 6.45) is 0. The van der Waals surface area contributed by atoms with Crippen LogP contribution >= 0.6 is 0 Å². The average molecular weight is 574 g/mol. The van der Waals surface area contributed by atoms with Crippen LogP contribution in [-0.4, -0.2) is 15.0 Å². The highest BCUT2D eigenvalue weighted by Crippen LogP contribution is 2.49. The monoisotopic (exact) mass is 573 g/mol. The number of fused-ring (bicyclic) bond motifs is 1. The molecule has 0 saturated carbocycles. The maximum absolute atomic E-state index is 6.79. The first-order chi connectivity index (χ1) is 22.3. The van der Waals surface area contributed by atoms with Gasteiger partial charge in [-0.3, -0.25) is 0 Å². The maximum Gasteiger partial charge on any atom is 0.164 e. The third-order valence-corrected chi connectivity index (χ3v) is 9.04. The minimum absolute atomic E-state index is 0.622. The molecule has 0 atom stereocenters. The van der Waals surface area contributed by atoms with Crippen LogP contribution in [0.15, 0.2) is 144 Å². The predicted molar refractivity (Wildman–Crippen MR) is 184 cm³/mol. The number of hydrogen-bond donors (Lipinski definition) is 0. The van der Waals surface area contributed by atoms with Gasteiger partial charge in [-0.15, -0.1) is 0 Å². The van der Waals surface area contributed by atoms with Gasteiger partial charge >= 0.3 is 0 Å². The van der Waals surface area contributed by atoms with E-state index in [0.29, 0.717) is 17.5 Å². The Labute approximate surface area is 257 Å². The molecular formula is C41H23N3O. The summed E-state index contributed by atoms with van der Waals surface area (Å²) in [4.78, 5) is 15.0. The first-order valence-corrected chi connectivity index (χ1v) is 15.1. The van der Waals surface area contributed by atoms with Gasteiger partial charge in [0.25, 0.3) is 0 Å². The van der Waals surface area contributed by atoms with E-state index in [-0.39, 0.29) is 0 Å². The normalized spacial score (nSPS) is 12.0. The van der Waals surface area contributed by atoms with Gasteiger partial charge in [-0.25, -0.2) is 15.0 Å². The Kier molecular flexibility index (Phi) is 4.96. The summed E-state index contributed by atoms with van der Waals surface area (Å²) in [7, 11) is 0. The SMILES string of the molecule is c1ccc(-c2nc(-c3ccccc3)nc(-c3ccccc3-c3cc4ccc5cccc6c7cccc8oc3c(c87)c4c56)n2)cc1. The molecule has 0 N–H and O–H groups in total. The van der Waals surface area contributed by atoms with E-state index < -0.39 is 0 Å². The molecule has 208 valence electrons. The molecule has 10 rings (SSSR count). The van der Waals surface area contributed by atoms with Crippen molar-refractivity contribution in [1.82, 2.24) is 15.0 Å². The van der Waals surface area contributed by atoms with E-state index in [9.17, 15) is 0 Å². The maximum atomic E-state index is 6.79. The zero-order valence-corrected chi connectivity index (χ0v) is 24.0. The lowest BCUT2D eigenvalue weighted by atomic mass is 9.87. The first-order valence-electron chi connectivity index (χ1n) is 15.1. The molecule has 0 spiro atoms. The van der Waals surface area contributed by atoms with Gasteiger partial charge in [0.2, 0.25) is 0 Å². The van der Waals surface area contributed by atoms with E-state index in [0.717, 1.165) is 39.0 Å². The molecule has 4 nitrogen and oxygen atoms in total. The number of aromatic nitrogens is 3. The number of benzene rings is 8. The predicted octanol–water partition coefficient (Wildman–Crippen LogP) is 10.8. The molecule has 8 aromatic carbocycles. The van der Waals surface area contributed by atoms with Crippen LogP contribution in [0.1, 0.15) is 0 Å². The largest absolute Gasteiger partial charge is 0.455 e. The number of rotatable bonds is 4. The van der Waals surface area contributed by atoms with Gasteiger partial charge in [0, 0.05) is 38.4 Å². The average Bonchev–Trinajstić information content (AvgIpc) is 3.51. The van der Waals surface area contributed by atoms with Crippen molar-refractivity contribution < 1.29 is 4.42 Å². The molecular weight excluding hydrogens is 550 g/mol. The lowest BCUT2D eigenvalue weighted by Crippen LogP contribution is -2.01. The Bertz CT molecular complexity index is 2640. The summed E-state index contributed by atoms with van der Waals surface area (Å²) in [5.74, 6) is 1.90. The highest BCUT2D eigenvalue weighted by Gasteiger charge is 2.24. The van der Waals surface area contributed by atoms with E-state index in [4.69, 9.17) is 19.4 Å². The molecule has 0 bridgehead atoms. The smallest absolute Gasteiger partial charge is 0.164 e. The van der Waals surface area contributed by atoms with E-state index in [1.54, 1.807) is 0 Å². The molecule has 0 fully saturated rings. The van der Waals surface area contributed by atoms with Crippen molar-refractivity contribution >= 4 is 54.3 Å². The molecule has 0 aliphatic rings. The second-order valence-corrected chi connectivity index (χ2v) is 11.6. The minimum Gasteiger partial charge on any atom is -0.455 e. The van der Waals surface area contributed by atoms with Crippen LogP contribution in [0.4, 0.5) is 0 Å². The molecule has 2 aromatic heterocycles. The second-order valence-electron chi connectivity index (χ2n) is 11.6. The minimum atomic E-state index is 0.622. The molecule has 0 unspecified atom stereocenters. The van der Waals surface area contributed by atoms with E-state index >= 15 is 0 Å². The lowest BCUT2D eigenvalue weighted by Gasteiger charge is -2.16. The van der Waals surface area contributed by atoms with E-state index in [1.165, 1.54) is 43.1 Å². The summed E-state index contributed by atoms with van der Waals surface area (Å²) in [5, 5.41) is 9.83. The third-order valence-electron chi connectivity index (χ3n) is 9.04. The summed E-state index contributed by atoms with van der Waals surface area (Å²) in [6.45, 7) is 0. The fraction of sp³-hybridized carbons (Fsp3) is 0. The molecule has 0 aliphatic heterocycles. The van der Waals surface area contributed by atoms with Crippen molar-refractivity contribution in [2.45, 2.75) is 0 Å². The summed E-state index contributed by atoms with van der Waals surface area (Å²) >= 11 is 0. The topological polar surface area (TPSA) is 51.8 Å². The molecule has 0 amide bonds. The van der Waals surface area contributed by atoms with Gasteiger partial charge in [0.05, 0.1) is 0 Å². The van der Waals surface area contributed by atoms with Gasteiger partial charge in [-0.2, -0.15) is 0 Å². The van der Waals surface area contributed by atoms with Crippen molar-refractivity contribution in [3.8, 4) is 45.3 Å². The van der Waals surface area contributed by atoms with Crippen LogP contribution in [0, 0.1) is 0 Å². The Hall–Kier alpha value is -6.13. The Balaban J connectivity index is 1.29. The summed E-state index contributed by atoms with van der Waals surface area (Å²) < 4.78 is 6.79. The molecule has 4 heteroatoms. The Morgan fingerprint density at radius 3 is 1.71 bits per heavy atom. The summed E-state index contributed by atoms with van der Waals surface area (Å²) in [6, 6.07) is 48.3. The fourth-order valence-electron chi connectivity index (χ4n) is 7.07. The van der Waals surface area contributed by atoms with Gasteiger partial charge < -0.3 is 4.42 Å². The van der Waals surface area contributed by atoms with Gasteiger partial charge in [0.15, 0.2) is 17.5 Å². The zero-order chi connectivity index (χ0) is 29.5. The Morgan fingerprint density at radius 1 is 0.378 bits per heavy atom. The fourth-order valence-corrected chi connectivity index (χ4v) is 7.07. The molecule has 10 aromatic rings. The molecule has 45 heavy (non-hydrogen) atoms.